The molecular formula is C12H13BrN2O2S. The van der Waals surface area contributed by atoms with E-state index in [-0.39, 0.29) is 4.87 Å². The van der Waals surface area contributed by atoms with Gasteiger partial charge in [0.05, 0.1) is 11.6 Å². The number of halogens is 1. The molecule has 0 aliphatic heterocycles. The highest BCUT2D eigenvalue weighted by molar-refractivity contribution is 9.10. The molecule has 0 amide bonds. The molecule has 0 saturated carbocycles. The van der Waals surface area contributed by atoms with Crippen LogP contribution in [0.2, 0.25) is 0 Å². The summed E-state index contributed by atoms with van der Waals surface area (Å²) in [5, 5.41) is 5.10. The molecule has 1 aromatic heterocycles. The van der Waals surface area contributed by atoms with Gasteiger partial charge in [-0.15, -0.1) is 0 Å². The number of thiazole rings is 1. The van der Waals surface area contributed by atoms with E-state index < -0.39 is 0 Å². The van der Waals surface area contributed by atoms with Crippen LogP contribution in [0.3, 0.4) is 0 Å². The number of rotatable bonds is 5. The first kappa shape index (κ1) is 13.3. The molecule has 0 bridgehead atoms. The molecule has 0 aliphatic carbocycles. The van der Waals surface area contributed by atoms with E-state index >= 15 is 0 Å². The molecule has 2 aromatic rings. The lowest BCUT2D eigenvalue weighted by Gasteiger charge is -2.07. The molecule has 2 rings (SSSR count). The Morgan fingerprint density at radius 1 is 1.44 bits per heavy atom. The van der Waals surface area contributed by atoms with Crippen LogP contribution >= 0.6 is 27.3 Å². The van der Waals surface area contributed by atoms with Crippen molar-refractivity contribution >= 4 is 27.3 Å². The molecule has 0 unspecified atom stereocenters. The summed E-state index contributed by atoms with van der Waals surface area (Å²) < 4.78 is 6.11. The van der Waals surface area contributed by atoms with Gasteiger partial charge in [0.2, 0.25) is 0 Å². The van der Waals surface area contributed by atoms with Crippen molar-refractivity contribution in [3.8, 4) is 5.75 Å². The van der Waals surface area contributed by atoms with Crippen molar-refractivity contribution in [2.75, 3.05) is 7.11 Å². The van der Waals surface area contributed by atoms with Crippen molar-refractivity contribution in [1.82, 2.24) is 10.3 Å². The number of aromatic nitrogens is 1. The smallest absolute Gasteiger partial charge is 0.304 e. The quantitative estimate of drug-likeness (QED) is 0.886. The Morgan fingerprint density at radius 3 is 2.89 bits per heavy atom. The fraction of sp³-hybridized carbons (Fsp3) is 0.250. The summed E-state index contributed by atoms with van der Waals surface area (Å²) in [5.41, 5.74) is 2.07. The van der Waals surface area contributed by atoms with Crippen molar-refractivity contribution in [1.29, 1.82) is 0 Å². The first-order valence-corrected chi connectivity index (χ1v) is 7.06. The zero-order chi connectivity index (χ0) is 13.0. The summed E-state index contributed by atoms with van der Waals surface area (Å²) in [4.78, 5) is 13.7. The molecule has 1 heterocycles. The molecule has 0 saturated heterocycles. The summed E-state index contributed by atoms with van der Waals surface area (Å²) in [5.74, 6) is 0.820. The minimum absolute atomic E-state index is 0.0148. The maximum atomic E-state index is 11.0. The number of methoxy groups -OCH3 is 1. The Balaban J connectivity index is 1.90. The number of nitrogens with one attached hydrogen (secondary N) is 2. The van der Waals surface area contributed by atoms with Crippen LogP contribution in [0.25, 0.3) is 0 Å². The van der Waals surface area contributed by atoms with Crippen molar-refractivity contribution in [3.63, 3.8) is 0 Å². The Bertz CT molecular complexity index is 579. The lowest BCUT2D eigenvalue weighted by Crippen LogP contribution is -2.13. The molecule has 0 radical (unpaired) electrons. The van der Waals surface area contributed by atoms with E-state index in [1.54, 1.807) is 7.11 Å². The van der Waals surface area contributed by atoms with Crippen molar-refractivity contribution in [3.05, 3.63) is 49.0 Å². The predicted molar refractivity (Wildman–Crippen MR) is 76.2 cm³/mol. The zero-order valence-corrected chi connectivity index (χ0v) is 12.2. The lowest BCUT2D eigenvalue weighted by molar-refractivity contribution is 0.412. The van der Waals surface area contributed by atoms with Gasteiger partial charge in [0.1, 0.15) is 5.75 Å². The summed E-state index contributed by atoms with van der Waals surface area (Å²) in [6.45, 7) is 1.39. The van der Waals surface area contributed by atoms with Crippen LogP contribution in [-0.2, 0) is 13.1 Å². The van der Waals surface area contributed by atoms with Gasteiger partial charge >= 0.3 is 4.87 Å². The summed E-state index contributed by atoms with van der Waals surface area (Å²) >= 11 is 4.63. The maximum absolute atomic E-state index is 11.0. The fourth-order valence-corrected chi connectivity index (χ4v) is 2.73. The molecule has 4 nitrogen and oxygen atoms in total. The van der Waals surface area contributed by atoms with Crippen LogP contribution in [0.1, 0.15) is 11.3 Å². The van der Waals surface area contributed by atoms with Gasteiger partial charge in [0.25, 0.3) is 0 Å². The average Bonchev–Trinajstić information content (AvgIpc) is 2.75. The summed E-state index contributed by atoms with van der Waals surface area (Å²) in [7, 11) is 1.64. The second-order valence-electron chi connectivity index (χ2n) is 3.75. The predicted octanol–water partition coefficient (Wildman–Crippen LogP) is 2.50. The van der Waals surface area contributed by atoms with Crippen molar-refractivity contribution < 1.29 is 4.74 Å². The summed E-state index contributed by atoms with van der Waals surface area (Å²) in [6, 6.07) is 5.95. The molecule has 0 atom stereocenters. The van der Waals surface area contributed by atoms with Crippen LogP contribution in [0.5, 0.6) is 5.75 Å². The number of ether oxygens (including phenoxy) is 1. The largest absolute Gasteiger partial charge is 0.496 e. The highest BCUT2D eigenvalue weighted by Crippen LogP contribution is 2.25. The molecule has 96 valence electrons. The summed E-state index contributed by atoms with van der Waals surface area (Å²) in [6.07, 6.45) is 0. The van der Waals surface area contributed by atoms with E-state index in [2.05, 4.69) is 26.2 Å². The van der Waals surface area contributed by atoms with Crippen LogP contribution in [0.4, 0.5) is 0 Å². The molecule has 6 heteroatoms. The van der Waals surface area contributed by atoms with Crippen LogP contribution in [0.15, 0.2) is 32.8 Å². The molecule has 2 N–H and O–H groups in total. The van der Waals surface area contributed by atoms with Gasteiger partial charge in [-0.2, -0.15) is 0 Å². The van der Waals surface area contributed by atoms with Gasteiger partial charge in [0.15, 0.2) is 0 Å². The topological polar surface area (TPSA) is 54.1 Å². The second-order valence-corrected chi connectivity index (χ2v) is 5.44. The highest BCUT2D eigenvalue weighted by Gasteiger charge is 2.01. The van der Waals surface area contributed by atoms with Crippen molar-refractivity contribution in [2.45, 2.75) is 13.1 Å². The van der Waals surface area contributed by atoms with Gasteiger partial charge in [-0.25, -0.2) is 0 Å². The third-order valence-electron chi connectivity index (χ3n) is 2.43. The number of hydrogen-bond donors (Lipinski definition) is 2. The average molecular weight is 329 g/mol. The Hall–Kier alpha value is -1.11. The highest BCUT2D eigenvalue weighted by atomic mass is 79.9. The zero-order valence-electron chi connectivity index (χ0n) is 9.83. The van der Waals surface area contributed by atoms with E-state index in [1.807, 2.05) is 23.6 Å². The van der Waals surface area contributed by atoms with Gasteiger partial charge < -0.3 is 15.0 Å². The first-order valence-electron chi connectivity index (χ1n) is 5.39. The number of hydrogen-bond acceptors (Lipinski definition) is 4. The van der Waals surface area contributed by atoms with E-state index in [9.17, 15) is 4.79 Å². The maximum Gasteiger partial charge on any atom is 0.304 e. The van der Waals surface area contributed by atoms with Gasteiger partial charge in [-0.1, -0.05) is 17.4 Å². The van der Waals surface area contributed by atoms with E-state index in [0.29, 0.717) is 6.54 Å². The lowest BCUT2D eigenvalue weighted by atomic mass is 10.2. The molecule has 18 heavy (non-hydrogen) atoms. The van der Waals surface area contributed by atoms with E-state index in [1.165, 1.54) is 11.3 Å². The monoisotopic (exact) mass is 328 g/mol. The number of aromatic amines is 1. The fourth-order valence-electron chi connectivity index (χ4n) is 1.56. The molecule has 0 aliphatic rings. The third-order valence-corrected chi connectivity index (χ3v) is 3.77. The SMILES string of the molecule is COc1ccc(CNCc2csc(=O)[nH]2)cc1Br. The molecular weight excluding hydrogens is 316 g/mol. The van der Waals surface area contributed by atoms with Crippen LogP contribution in [-0.4, -0.2) is 12.1 Å². The minimum Gasteiger partial charge on any atom is -0.496 e. The first-order chi connectivity index (χ1) is 8.69. The van der Waals surface area contributed by atoms with E-state index in [0.717, 1.165) is 28.0 Å². The van der Waals surface area contributed by atoms with Gasteiger partial charge in [0, 0.05) is 24.2 Å². The molecule has 1 aromatic carbocycles. The van der Waals surface area contributed by atoms with Gasteiger partial charge in [-0.3, -0.25) is 4.79 Å². The van der Waals surface area contributed by atoms with E-state index in [4.69, 9.17) is 4.74 Å². The molecule has 0 fully saturated rings. The van der Waals surface area contributed by atoms with Gasteiger partial charge in [-0.05, 0) is 33.6 Å². The minimum atomic E-state index is -0.0148. The standard InChI is InChI=1S/C12H13BrN2O2S/c1-17-11-3-2-8(4-10(11)13)5-14-6-9-7-18-12(16)15-9/h2-4,7,14H,5-6H2,1H3,(H,15,16). The normalized spacial score (nSPS) is 10.6. The third kappa shape index (κ3) is 3.44. The molecule has 0 spiro atoms. The number of benzene rings is 1. The Kier molecular flexibility index (Phi) is 4.57. The van der Waals surface area contributed by atoms with Crippen LogP contribution < -0.4 is 14.9 Å². The Morgan fingerprint density at radius 2 is 2.28 bits per heavy atom. The van der Waals surface area contributed by atoms with Crippen molar-refractivity contribution in [2.24, 2.45) is 0 Å². The van der Waals surface area contributed by atoms with Crippen LogP contribution in [0, 0.1) is 0 Å². The number of H-pyrrole nitrogens is 1. The Labute approximate surface area is 117 Å². The second kappa shape index (κ2) is 6.17.